The maximum atomic E-state index is 13.8. The molecule has 0 radical (unpaired) electrons. The van der Waals surface area contributed by atoms with Crippen LogP contribution in [0.5, 0.6) is 0 Å². The second-order valence-electron chi connectivity index (χ2n) is 4.17. The van der Waals surface area contributed by atoms with Crippen LogP contribution in [0.3, 0.4) is 0 Å². The van der Waals surface area contributed by atoms with Gasteiger partial charge in [-0.3, -0.25) is 0 Å². The molecule has 2 atom stereocenters. The smallest absolute Gasteiger partial charge is 0.146 e. The Morgan fingerprint density at radius 2 is 2.35 bits per heavy atom. The molecule has 1 aliphatic rings. The van der Waals surface area contributed by atoms with Gasteiger partial charge in [0.2, 0.25) is 0 Å². The highest BCUT2D eigenvalue weighted by molar-refractivity contribution is 7.80. The van der Waals surface area contributed by atoms with Crippen LogP contribution in [0.25, 0.3) is 0 Å². The Kier molecular flexibility index (Phi) is 3.59. The zero-order valence-electron chi connectivity index (χ0n) is 9.57. The van der Waals surface area contributed by atoms with Gasteiger partial charge in [-0.25, -0.2) is 4.39 Å². The standard InChI is InChI=1S/C12H15FN2OS/c1-7-10(4-5-16-7)15-11-3-2-8(12(14)17)6-9(11)13/h2-3,6-7,10,15H,4-5H2,1H3,(H2,14,17). The molecule has 1 aromatic rings. The van der Waals surface area contributed by atoms with Gasteiger partial charge in [0.15, 0.2) is 0 Å². The van der Waals surface area contributed by atoms with Crippen molar-refractivity contribution in [3.8, 4) is 0 Å². The second-order valence-corrected chi connectivity index (χ2v) is 4.61. The summed E-state index contributed by atoms with van der Waals surface area (Å²) in [5.74, 6) is -0.339. The van der Waals surface area contributed by atoms with Crippen molar-refractivity contribution in [2.75, 3.05) is 11.9 Å². The Hall–Kier alpha value is -1.20. The molecule has 0 bridgehead atoms. The molecule has 1 aromatic carbocycles. The molecule has 1 aliphatic heterocycles. The molecule has 17 heavy (non-hydrogen) atoms. The van der Waals surface area contributed by atoms with E-state index in [1.807, 2.05) is 6.92 Å². The summed E-state index contributed by atoms with van der Waals surface area (Å²) in [6, 6.07) is 4.88. The molecule has 92 valence electrons. The Labute approximate surface area is 105 Å². The minimum absolute atomic E-state index is 0.102. The fraction of sp³-hybridized carbons (Fsp3) is 0.417. The second kappa shape index (κ2) is 4.98. The predicted molar refractivity (Wildman–Crippen MR) is 69.7 cm³/mol. The summed E-state index contributed by atoms with van der Waals surface area (Å²) in [6.45, 7) is 2.69. The Bertz CT molecular complexity index is 439. The Balaban J connectivity index is 2.14. The van der Waals surface area contributed by atoms with Crippen LogP contribution in [-0.2, 0) is 4.74 Å². The molecule has 2 unspecified atom stereocenters. The van der Waals surface area contributed by atoms with Crippen LogP contribution in [0.2, 0.25) is 0 Å². The third-order valence-corrected chi connectivity index (χ3v) is 3.21. The highest BCUT2D eigenvalue weighted by Gasteiger charge is 2.24. The number of nitrogens with two attached hydrogens (primary N) is 1. The van der Waals surface area contributed by atoms with Gasteiger partial charge >= 0.3 is 0 Å². The number of hydrogen-bond acceptors (Lipinski definition) is 3. The minimum atomic E-state index is -0.339. The predicted octanol–water partition coefficient (Wildman–Crippen LogP) is 2.05. The van der Waals surface area contributed by atoms with Crippen LogP contribution < -0.4 is 11.1 Å². The van der Waals surface area contributed by atoms with Gasteiger partial charge in [0.1, 0.15) is 10.8 Å². The van der Waals surface area contributed by atoms with Gasteiger partial charge in [0.05, 0.1) is 17.8 Å². The lowest BCUT2D eigenvalue weighted by atomic mass is 10.1. The molecule has 0 amide bonds. The van der Waals surface area contributed by atoms with Crippen LogP contribution in [0.15, 0.2) is 18.2 Å². The van der Waals surface area contributed by atoms with E-state index in [1.165, 1.54) is 6.07 Å². The van der Waals surface area contributed by atoms with E-state index in [4.69, 9.17) is 22.7 Å². The van der Waals surface area contributed by atoms with E-state index < -0.39 is 0 Å². The average molecular weight is 254 g/mol. The molecule has 0 saturated carbocycles. The summed E-state index contributed by atoms with van der Waals surface area (Å²) in [7, 11) is 0. The highest BCUT2D eigenvalue weighted by Crippen LogP contribution is 2.22. The van der Waals surface area contributed by atoms with Crippen LogP contribution in [-0.4, -0.2) is 23.7 Å². The molecular formula is C12H15FN2OS. The van der Waals surface area contributed by atoms with Crippen molar-refractivity contribution >= 4 is 22.9 Å². The van der Waals surface area contributed by atoms with Crippen LogP contribution in [0.1, 0.15) is 18.9 Å². The SMILES string of the molecule is CC1OCCC1Nc1ccc(C(N)=S)cc1F. The summed E-state index contributed by atoms with van der Waals surface area (Å²) in [4.78, 5) is 0.202. The quantitative estimate of drug-likeness (QED) is 0.810. The average Bonchev–Trinajstić information content (AvgIpc) is 2.67. The molecule has 1 heterocycles. The van der Waals surface area contributed by atoms with E-state index in [0.29, 0.717) is 17.9 Å². The van der Waals surface area contributed by atoms with Gasteiger partial charge in [-0.1, -0.05) is 12.2 Å². The van der Waals surface area contributed by atoms with E-state index >= 15 is 0 Å². The minimum Gasteiger partial charge on any atom is -0.389 e. The van der Waals surface area contributed by atoms with Gasteiger partial charge in [0, 0.05) is 12.2 Å². The van der Waals surface area contributed by atoms with Gasteiger partial charge < -0.3 is 15.8 Å². The Morgan fingerprint density at radius 3 is 2.88 bits per heavy atom. The molecule has 0 aliphatic carbocycles. The van der Waals surface area contributed by atoms with Crippen molar-refractivity contribution in [1.82, 2.24) is 0 Å². The molecule has 1 fully saturated rings. The van der Waals surface area contributed by atoms with Crippen molar-refractivity contribution in [3.05, 3.63) is 29.6 Å². The normalized spacial score (nSPS) is 23.6. The van der Waals surface area contributed by atoms with Crippen LogP contribution in [0, 0.1) is 5.82 Å². The molecule has 2 rings (SSSR count). The number of nitrogens with one attached hydrogen (secondary N) is 1. The first-order chi connectivity index (χ1) is 8.08. The summed E-state index contributed by atoms with van der Waals surface area (Å²) in [5.41, 5.74) is 6.45. The van der Waals surface area contributed by atoms with Crippen molar-refractivity contribution < 1.29 is 9.13 Å². The number of anilines is 1. The number of benzene rings is 1. The van der Waals surface area contributed by atoms with E-state index in [-0.39, 0.29) is 23.0 Å². The maximum Gasteiger partial charge on any atom is 0.146 e. The summed E-state index contributed by atoms with van der Waals surface area (Å²) in [5, 5.41) is 3.14. The van der Waals surface area contributed by atoms with Crippen molar-refractivity contribution in [2.45, 2.75) is 25.5 Å². The topological polar surface area (TPSA) is 47.3 Å². The fourth-order valence-electron chi connectivity index (χ4n) is 1.91. The lowest BCUT2D eigenvalue weighted by Crippen LogP contribution is -2.27. The van der Waals surface area contributed by atoms with Crippen LogP contribution in [0.4, 0.5) is 10.1 Å². The molecule has 0 spiro atoms. The van der Waals surface area contributed by atoms with Gasteiger partial charge in [-0.15, -0.1) is 0 Å². The lowest BCUT2D eigenvalue weighted by Gasteiger charge is -2.18. The van der Waals surface area contributed by atoms with Crippen LogP contribution >= 0.6 is 12.2 Å². The molecule has 3 N–H and O–H groups in total. The first-order valence-corrected chi connectivity index (χ1v) is 5.96. The molecule has 5 heteroatoms. The number of halogens is 1. The van der Waals surface area contributed by atoms with Gasteiger partial charge in [-0.05, 0) is 31.5 Å². The summed E-state index contributed by atoms with van der Waals surface area (Å²) in [6.07, 6.45) is 0.988. The zero-order chi connectivity index (χ0) is 12.4. The van der Waals surface area contributed by atoms with E-state index in [9.17, 15) is 4.39 Å². The number of ether oxygens (including phenoxy) is 1. The van der Waals surface area contributed by atoms with E-state index in [2.05, 4.69) is 5.32 Å². The Morgan fingerprint density at radius 1 is 1.59 bits per heavy atom. The largest absolute Gasteiger partial charge is 0.389 e. The number of hydrogen-bond donors (Lipinski definition) is 2. The third kappa shape index (κ3) is 2.73. The zero-order valence-corrected chi connectivity index (χ0v) is 10.4. The molecular weight excluding hydrogens is 239 g/mol. The fourth-order valence-corrected chi connectivity index (χ4v) is 2.03. The monoisotopic (exact) mass is 254 g/mol. The van der Waals surface area contributed by atoms with Crippen molar-refractivity contribution in [3.63, 3.8) is 0 Å². The van der Waals surface area contributed by atoms with Gasteiger partial charge in [-0.2, -0.15) is 0 Å². The van der Waals surface area contributed by atoms with Gasteiger partial charge in [0.25, 0.3) is 0 Å². The highest BCUT2D eigenvalue weighted by atomic mass is 32.1. The molecule has 3 nitrogen and oxygen atoms in total. The first kappa shape index (κ1) is 12.3. The first-order valence-electron chi connectivity index (χ1n) is 5.55. The number of rotatable bonds is 3. The number of thiocarbonyl (C=S) groups is 1. The lowest BCUT2D eigenvalue weighted by molar-refractivity contribution is 0.121. The summed E-state index contributed by atoms with van der Waals surface area (Å²) < 4.78 is 19.2. The molecule has 1 saturated heterocycles. The summed E-state index contributed by atoms with van der Waals surface area (Å²) >= 11 is 4.80. The van der Waals surface area contributed by atoms with E-state index in [1.54, 1.807) is 12.1 Å². The molecule has 0 aromatic heterocycles. The maximum absolute atomic E-state index is 13.8. The van der Waals surface area contributed by atoms with Crippen molar-refractivity contribution in [2.24, 2.45) is 5.73 Å². The third-order valence-electron chi connectivity index (χ3n) is 2.97. The van der Waals surface area contributed by atoms with Crippen molar-refractivity contribution in [1.29, 1.82) is 0 Å². The van der Waals surface area contributed by atoms with E-state index in [0.717, 1.165) is 6.42 Å².